The number of esters is 1. The third-order valence-electron chi connectivity index (χ3n) is 3.95. The number of halogens is 3. The number of benzene rings is 2. The van der Waals surface area contributed by atoms with Gasteiger partial charge in [0.25, 0.3) is 0 Å². The lowest BCUT2D eigenvalue weighted by Crippen LogP contribution is -2.22. The lowest BCUT2D eigenvalue weighted by Gasteiger charge is -2.22. The second-order valence-electron chi connectivity index (χ2n) is 6.32. The van der Waals surface area contributed by atoms with Gasteiger partial charge in [0.2, 0.25) is 6.10 Å². The zero-order valence-electron chi connectivity index (χ0n) is 15.2. The van der Waals surface area contributed by atoms with Crippen molar-refractivity contribution in [2.75, 3.05) is 0 Å². The molecule has 0 aliphatic heterocycles. The van der Waals surface area contributed by atoms with E-state index in [0.29, 0.717) is 16.3 Å². The summed E-state index contributed by atoms with van der Waals surface area (Å²) < 4.78 is 10.8. The van der Waals surface area contributed by atoms with Gasteiger partial charge in [0.15, 0.2) is 0 Å². The Bertz CT molecular complexity index is 885. The van der Waals surface area contributed by atoms with Gasteiger partial charge >= 0.3 is 5.97 Å². The van der Waals surface area contributed by atoms with Crippen molar-refractivity contribution < 1.29 is 14.3 Å². The Kier molecular flexibility index (Phi) is 8.19. The molecule has 1 unspecified atom stereocenters. The molecule has 0 aliphatic carbocycles. The summed E-state index contributed by atoms with van der Waals surface area (Å²) in [7, 11) is 0. The first-order chi connectivity index (χ1) is 13.3. The largest absolute Gasteiger partial charge is 0.462 e. The van der Waals surface area contributed by atoms with E-state index in [1.54, 1.807) is 48.5 Å². The fourth-order valence-corrected chi connectivity index (χ4v) is 2.90. The molecule has 2 rings (SSSR count). The van der Waals surface area contributed by atoms with Gasteiger partial charge in [0, 0.05) is 10.6 Å². The van der Waals surface area contributed by atoms with Crippen LogP contribution in [0.1, 0.15) is 37.0 Å². The summed E-state index contributed by atoms with van der Waals surface area (Å²) in [6, 6.07) is 15.6. The predicted octanol–water partition coefficient (Wildman–Crippen LogP) is 6.54. The monoisotopic (exact) mass is 437 g/mol. The van der Waals surface area contributed by atoms with Crippen molar-refractivity contribution in [2.45, 2.75) is 25.9 Å². The third-order valence-corrected chi connectivity index (χ3v) is 4.38. The van der Waals surface area contributed by atoms with Crippen LogP contribution in [0.5, 0.6) is 5.75 Å². The Balaban J connectivity index is 2.22. The average Bonchev–Trinajstić information content (AvgIpc) is 2.66. The third kappa shape index (κ3) is 6.17. The van der Waals surface area contributed by atoms with Gasteiger partial charge in [-0.3, -0.25) is 4.79 Å². The molecule has 0 heterocycles. The maximum Gasteiger partial charge on any atom is 0.315 e. The van der Waals surface area contributed by atoms with Crippen LogP contribution in [0.15, 0.2) is 59.3 Å². The highest BCUT2D eigenvalue weighted by Gasteiger charge is 2.28. The van der Waals surface area contributed by atoms with Crippen LogP contribution in [0.25, 0.3) is 0 Å². The summed E-state index contributed by atoms with van der Waals surface area (Å²) in [6.07, 6.45) is 0.0744. The van der Waals surface area contributed by atoms with Crippen LogP contribution < -0.4 is 4.74 Å². The molecule has 0 amide bonds. The van der Waals surface area contributed by atoms with Crippen LogP contribution in [-0.2, 0) is 9.53 Å². The smallest absolute Gasteiger partial charge is 0.315 e. The van der Waals surface area contributed by atoms with E-state index in [4.69, 9.17) is 44.3 Å². The van der Waals surface area contributed by atoms with Crippen LogP contribution in [-0.4, -0.2) is 5.97 Å². The number of carbonyl (C=O) groups excluding carboxylic acids is 1. The van der Waals surface area contributed by atoms with E-state index in [1.165, 1.54) is 0 Å². The SMILES string of the molecule is CC(C)[C@H](C(=O)OC(C#N)c1cccc(OC=C(Cl)Cl)c1)c1ccc(Cl)cc1. The van der Waals surface area contributed by atoms with E-state index >= 15 is 0 Å². The Hall–Kier alpha value is -2.19. The maximum atomic E-state index is 12.8. The molecule has 2 atom stereocenters. The number of carbonyl (C=O) groups is 1. The zero-order chi connectivity index (χ0) is 20.7. The highest BCUT2D eigenvalue weighted by Crippen LogP contribution is 2.30. The predicted molar refractivity (Wildman–Crippen MR) is 110 cm³/mol. The van der Waals surface area contributed by atoms with Gasteiger partial charge in [-0.15, -0.1) is 0 Å². The molecule has 0 bridgehead atoms. The number of nitrogens with zero attached hydrogens (tertiary/aromatic N) is 1. The molecule has 0 aliphatic rings. The summed E-state index contributed by atoms with van der Waals surface area (Å²) in [5, 5.41) is 10.1. The van der Waals surface area contributed by atoms with Crippen molar-refractivity contribution in [3.63, 3.8) is 0 Å². The second-order valence-corrected chi connectivity index (χ2v) is 7.76. The minimum atomic E-state index is -1.08. The number of ether oxygens (including phenoxy) is 2. The topological polar surface area (TPSA) is 59.3 Å². The van der Waals surface area contributed by atoms with E-state index in [1.807, 2.05) is 19.9 Å². The highest BCUT2D eigenvalue weighted by molar-refractivity contribution is 6.55. The first-order valence-corrected chi connectivity index (χ1v) is 9.58. The number of hydrogen-bond donors (Lipinski definition) is 0. The molecule has 0 radical (unpaired) electrons. The Morgan fingerprint density at radius 1 is 1.11 bits per heavy atom. The fraction of sp³-hybridized carbons (Fsp3) is 0.238. The fourth-order valence-electron chi connectivity index (χ4n) is 2.69. The lowest BCUT2D eigenvalue weighted by atomic mass is 9.88. The van der Waals surface area contributed by atoms with Crippen molar-refractivity contribution in [3.05, 3.63) is 75.4 Å². The highest BCUT2D eigenvalue weighted by atomic mass is 35.5. The summed E-state index contributed by atoms with van der Waals surface area (Å²) in [6.45, 7) is 3.83. The van der Waals surface area contributed by atoms with Gasteiger partial charge in [-0.1, -0.05) is 72.9 Å². The molecule has 0 fully saturated rings. The Labute approximate surface area is 179 Å². The van der Waals surface area contributed by atoms with Crippen LogP contribution >= 0.6 is 34.8 Å². The van der Waals surface area contributed by atoms with Gasteiger partial charge in [-0.2, -0.15) is 5.26 Å². The molecule has 2 aromatic carbocycles. The molecule has 0 spiro atoms. The van der Waals surface area contributed by atoms with E-state index in [9.17, 15) is 10.1 Å². The van der Waals surface area contributed by atoms with Crippen LogP contribution in [0.4, 0.5) is 0 Å². The summed E-state index contributed by atoms with van der Waals surface area (Å²) in [5.74, 6) is -0.631. The van der Waals surface area contributed by atoms with E-state index < -0.39 is 18.0 Å². The van der Waals surface area contributed by atoms with Gasteiger partial charge in [0.1, 0.15) is 22.6 Å². The normalized spacial score (nSPS) is 12.6. The summed E-state index contributed by atoms with van der Waals surface area (Å²) in [5.41, 5.74) is 1.26. The molecule has 7 heteroatoms. The van der Waals surface area contributed by atoms with Gasteiger partial charge in [0.05, 0.1) is 5.92 Å². The zero-order valence-corrected chi connectivity index (χ0v) is 17.5. The van der Waals surface area contributed by atoms with Crippen molar-refractivity contribution in [1.29, 1.82) is 5.26 Å². The maximum absolute atomic E-state index is 12.8. The number of nitriles is 1. The van der Waals surface area contributed by atoms with E-state index in [2.05, 4.69) is 0 Å². The van der Waals surface area contributed by atoms with Crippen molar-refractivity contribution in [1.82, 2.24) is 0 Å². The molecule has 4 nitrogen and oxygen atoms in total. The first kappa shape index (κ1) is 22.1. The lowest BCUT2D eigenvalue weighted by molar-refractivity contribution is -0.150. The Morgan fingerprint density at radius 3 is 2.36 bits per heavy atom. The quantitative estimate of drug-likeness (QED) is 0.363. The van der Waals surface area contributed by atoms with Gasteiger partial charge < -0.3 is 9.47 Å². The summed E-state index contributed by atoms with van der Waals surface area (Å²) in [4.78, 5) is 12.8. The van der Waals surface area contributed by atoms with E-state index in [0.717, 1.165) is 11.8 Å². The van der Waals surface area contributed by atoms with Crippen LogP contribution in [0.3, 0.4) is 0 Å². The molecule has 0 saturated heterocycles. The minimum absolute atomic E-state index is 0.0290. The van der Waals surface area contributed by atoms with Gasteiger partial charge in [-0.25, -0.2) is 0 Å². The molecular formula is C21H18Cl3NO3. The minimum Gasteiger partial charge on any atom is -0.462 e. The molecule has 146 valence electrons. The molecule has 0 saturated carbocycles. The average molecular weight is 439 g/mol. The number of rotatable bonds is 7. The molecule has 2 aromatic rings. The van der Waals surface area contributed by atoms with Gasteiger partial charge in [-0.05, 0) is 35.7 Å². The first-order valence-electron chi connectivity index (χ1n) is 8.45. The van der Waals surface area contributed by atoms with Crippen LogP contribution in [0, 0.1) is 17.2 Å². The molecule has 0 N–H and O–H groups in total. The van der Waals surface area contributed by atoms with Crippen LogP contribution in [0.2, 0.25) is 5.02 Å². The molecule has 0 aromatic heterocycles. The molecule has 28 heavy (non-hydrogen) atoms. The van der Waals surface area contributed by atoms with Crippen molar-refractivity contribution in [2.24, 2.45) is 5.92 Å². The number of hydrogen-bond acceptors (Lipinski definition) is 4. The molecular weight excluding hydrogens is 421 g/mol. The van der Waals surface area contributed by atoms with Crippen molar-refractivity contribution >= 4 is 40.8 Å². The summed E-state index contributed by atoms with van der Waals surface area (Å²) >= 11 is 17.0. The second kappa shape index (κ2) is 10.4. The standard InChI is InChI=1S/C21H18Cl3NO3/c1-13(2)20(14-6-8-16(22)9-7-14)21(26)28-18(11-25)15-4-3-5-17(10-15)27-12-19(23)24/h3-10,12-13,18,20H,1-2H3/t18?,20-/m0/s1. The van der Waals surface area contributed by atoms with E-state index in [-0.39, 0.29) is 10.4 Å². The Morgan fingerprint density at radius 2 is 1.79 bits per heavy atom. The van der Waals surface area contributed by atoms with Crippen molar-refractivity contribution in [3.8, 4) is 11.8 Å².